The predicted molar refractivity (Wildman–Crippen MR) is 149 cm³/mol. The Balaban J connectivity index is 1.51. The number of rotatable bonds is 6. The van der Waals surface area contributed by atoms with E-state index in [9.17, 15) is 9.59 Å². The molecule has 1 aliphatic heterocycles. The Bertz CT molecular complexity index is 1530. The van der Waals surface area contributed by atoms with Gasteiger partial charge in [0.2, 0.25) is 0 Å². The molecule has 0 spiro atoms. The number of aromatic nitrogens is 3. The molecule has 1 atom stereocenters. The first kappa shape index (κ1) is 25.2. The number of nitrogens with zero attached hydrogens (tertiary/aromatic N) is 3. The number of allylic oxidation sites excluding steroid dienone is 1. The first-order valence-electron chi connectivity index (χ1n) is 11.9. The van der Waals surface area contributed by atoms with Crippen molar-refractivity contribution in [3.63, 3.8) is 0 Å². The lowest BCUT2D eigenvalue weighted by atomic mass is 9.94. The van der Waals surface area contributed by atoms with E-state index in [2.05, 4.69) is 42.2 Å². The number of nitrogens with one attached hydrogen (secondary N) is 3. The van der Waals surface area contributed by atoms with Crippen LogP contribution in [0.1, 0.15) is 34.6 Å². The van der Waals surface area contributed by atoms with Gasteiger partial charge in [0.15, 0.2) is 11.5 Å². The maximum atomic E-state index is 13.6. The van der Waals surface area contributed by atoms with E-state index < -0.39 is 11.9 Å². The van der Waals surface area contributed by atoms with Crippen LogP contribution in [0.2, 0.25) is 0 Å². The third-order valence-corrected chi connectivity index (χ3v) is 6.75. The lowest BCUT2D eigenvalue weighted by Gasteiger charge is -2.29. The van der Waals surface area contributed by atoms with Crippen LogP contribution in [-0.4, -0.2) is 33.9 Å². The quantitative estimate of drug-likeness (QED) is 0.280. The van der Waals surface area contributed by atoms with Gasteiger partial charge in [0.25, 0.3) is 11.8 Å². The highest BCUT2D eigenvalue weighted by Gasteiger charge is 2.36. The van der Waals surface area contributed by atoms with Crippen LogP contribution in [0.5, 0.6) is 5.75 Å². The van der Waals surface area contributed by atoms with E-state index in [0.29, 0.717) is 34.2 Å². The van der Waals surface area contributed by atoms with E-state index in [0.717, 1.165) is 15.6 Å². The molecular weight excluding hydrogens is 548 g/mol. The number of fused-ring (bicyclic) bond motifs is 1. The zero-order valence-electron chi connectivity index (χ0n) is 20.9. The Labute approximate surface area is 228 Å². The summed E-state index contributed by atoms with van der Waals surface area (Å²) in [7, 11) is 1.59. The van der Waals surface area contributed by atoms with Crippen molar-refractivity contribution in [2.24, 2.45) is 0 Å². The summed E-state index contributed by atoms with van der Waals surface area (Å²) in [4.78, 5) is 26.8. The Hall–Kier alpha value is -4.44. The fourth-order valence-corrected chi connectivity index (χ4v) is 4.53. The summed E-state index contributed by atoms with van der Waals surface area (Å²) in [5.74, 6) is 0.381. The monoisotopic (exact) mass is 572 g/mol. The molecule has 9 nitrogen and oxygen atoms in total. The fraction of sp³-hybridized carbons (Fsp3) is 0.143. The number of methoxy groups -OCH3 is 1. The van der Waals surface area contributed by atoms with Crippen molar-refractivity contribution in [1.29, 1.82) is 0 Å². The predicted octanol–water partition coefficient (Wildman–Crippen LogP) is 5.54. The molecule has 10 heteroatoms. The molecule has 1 unspecified atom stereocenters. The molecule has 4 aromatic rings. The molecular formula is C28H25BrN6O3. The minimum atomic E-state index is -0.619. The van der Waals surface area contributed by atoms with E-state index in [1.54, 1.807) is 43.0 Å². The summed E-state index contributed by atoms with van der Waals surface area (Å²) in [6.45, 7) is 3.78. The van der Waals surface area contributed by atoms with Crippen LogP contribution in [0.3, 0.4) is 0 Å². The second kappa shape index (κ2) is 10.5. The molecule has 38 heavy (non-hydrogen) atoms. The highest BCUT2D eigenvalue weighted by atomic mass is 79.9. The molecule has 0 saturated heterocycles. The number of hydrogen-bond donors (Lipinski definition) is 3. The number of ether oxygens (including phenoxy) is 1. The van der Waals surface area contributed by atoms with Gasteiger partial charge in [-0.05, 0) is 67.9 Å². The molecule has 3 aromatic carbocycles. The van der Waals surface area contributed by atoms with E-state index in [1.165, 1.54) is 0 Å². The van der Waals surface area contributed by atoms with Gasteiger partial charge in [-0.1, -0.05) is 51.0 Å². The summed E-state index contributed by atoms with van der Waals surface area (Å²) in [6.07, 6.45) is 0. The zero-order chi connectivity index (χ0) is 26.8. The minimum absolute atomic E-state index is 0.127. The van der Waals surface area contributed by atoms with Crippen molar-refractivity contribution in [1.82, 2.24) is 15.0 Å². The standard InChI is InChI=1S/C28H25BrN6O3/c1-16-4-10-20(11-5-16)32-28(37)24-26-30-17(2)23(27(36)31-21-12-14-22(38-3)15-13-21)25(35(26)34-33-24)18-6-8-19(29)9-7-18/h4-15,25,30H,1-3H3,(H,31,36)(H,32,37). The fourth-order valence-electron chi connectivity index (χ4n) is 4.26. The van der Waals surface area contributed by atoms with Crippen LogP contribution >= 0.6 is 15.9 Å². The van der Waals surface area contributed by atoms with Crippen LogP contribution in [0.4, 0.5) is 17.2 Å². The summed E-state index contributed by atoms with van der Waals surface area (Å²) in [6, 6.07) is 21.6. The highest BCUT2D eigenvalue weighted by Crippen LogP contribution is 2.37. The van der Waals surface area contributed by atoms with Crippen molar-refractivity contribution < 1.29 is 14.3 Å². The number of amides is 2. The van der Waals surface area contributed by atoms with Crippen molar-refractivity contribution in [3.8, 4) is 5.75 Å². The zero-order valence-corrected chi connectivity index (χ0v) is 22.5. The number of carbonyl (C=O) groups excluding carboxylic acids is 2. The first-order chi connectivity index (χ1) is 18.3. The molecule has 1 aromatic heterocycles. The van der Waals surface area contributed by atoms with Gasteiger partial charge >= 0.3 is 0 Å². The SMILES string of the molecule is COc1ccc(NC(=O)C2=C(C)Nc3c(C(=O)Nc4ccc(C)cc4)nnn3C2c2ccc(Br)cc2)cc1. The molecule has 0 aliphatic carbocycles. The van der Waals surface area contributed by atoms with Gasteiger partial charge < -0.3 is 20.7 Å². The number of anilines is 3. The third-order valence-electron chi connectivity index (χ3n) is 6.23. The Morgan fingerprint density at radius 1 is 0.895 bits per heavy atom. The van der Waals surface area contributed by atoms with Gasteiger partial charge in [-0.15, -0.1) is 5.10 Å². The van der Waals surface area contributed by atoms with Gasteiger partial charge in [0.1, 0.15) is 11.8 Å². The van der Waals surface area contributed by atoms with Crippen LogP contribution in [0, 0.1) is 6.92 Å². The molecule has 3 N–H and O–H groups in total. The number of hydrogen-bond acceptors (Lipinski definition) is 6. The molecule has 2 amide bonds. The van der Waals surface area contributed by atoms with Gasteiger partial charge in [-0.2, -0.15) is 0 Å². The van der Waals surface area contributed by atoms with E-state index in [-0.39, 0.29) is 11.6 Å². The van der Waals surface area contributed by atoms with Crippen molar-refractivity contribution in [2.75, 3.05) is 23.1 Å². The maximum Gasteiger partial charge on any atom is 0.280 e. The van der Waals surface area contributed by atoms with Crippen LogP contribution < -0.4 is 20.7 Å². The Kier molecular flexibility index (Phi) is 6.97. The van der Waals surface area contributed by atoms with E-state index >= 15 is 0 Å². The summed E-state index contributed by atoms with van der Waals surface area (Å²) in [5.41, 5.74) is 4.33. The largest absolute Gasteiger partial charge is 0.497 e. The number of benzene rings is 3. The van der Waals surface area contributed by atoms with Gasteiger partial charge in [-0.25, -0.2) is 4.68 Å². The highest BCUT2D eigenvalue weighted by molar-refractivity contribution is 9.10. The lowest BCUT2D eigenvalue weighted by molar-refractivity contribution is -0.113. The first-order valence-corrected chi connectivity index (χ1v) is 12.6. The smallest absolute Gasteiger partial charge is 0.280 e. The molecule has 5 rings (SSSR count). The van der Waals surface area contributed by atoms with Crippen LogP contribution in [-0.2, 0) is 4.79 Å². The normalized spacial score (nSPS) is 14.4. The van der Waals surface area contributed by atoms with Gasteiger partial charge in [-0.3, -0.25) is 9.59 Å². The average Bonchev–Trinajstić information content (AvgIpc) is 3.33. The van der Waals surface area contributed by atoms with Crippen LogP contribution in [0.25, 0.3) is 0 Å². The van der Waals surface area contributed by atoms with Crippen LogP contribution in [0.15, 0.2) is 88.5 Å². The maximum absolute atomic E-state index is 13.6. The van der Waals surface area contributed by atoms with Crippen molar-refractivity contribution >= 4 is 44.9 Å². The average molecular weight is 573 g/mol. The minimum Gasteiger partial charge on any atom is -0.497 e. The third kappa shape index (κ3) is 5.03. The molecule has 0 fully saturated rings. The van der Waals surface area contributed by atoms with E-state index in [1.807, 2.05) is 55.5 Å². The molecule has 192 valence electrons. The molecule has 2 heterocycles. The molecule has 0 saturated carbocycles. The van der Waals surface area contributed by atoms with Gasteiger partial charge in [0, 0.05) is 21.5 Å². The lowest BCUT2D eigenvalue weighted by Crippen LogP contribution is -2.32. The Morgan fingerprint density at radius 3 is 2.13 bits per heavy atom. The second-order valence-corrected chi connectivity index (χ2v) is 9.77. The topological polar surface area (TPSA) is 110 Å². The number of halogens is 1. The summed E-state index contributed by atoms with van der Waals surface area (Å²) in [5, 5.41) is 17.5. The molecule has 0 bridgehead atoms. The van der Waals surface area contributed by atoms with Gasteiger partial charge in [0.05, 0.1) is 12.7 Å². The van der Waals surface area contributed by atoms with Crippen molar-refractivity contribution in [2.45, 2.75) is 19.9 Å². The van der Waals surface area contributed by atoms with E-state index in [4.69, 9.17) is 4.74 Å². The summed E-state index contributed by atoms with van der Waals surface area (Å²) < 4.78 is 7.68. The van der Waals surface area contributed by atoms with Crippen molar-refractivity contribution in [3.05, 3.63) is 105 Å². The molecule has 1 aliphatic rings. The molecule has 0 radical (unpaired) electrons. The number of carbonyl (C=O) groups is 2. The summed E-state index contributed by atoms with van der Waals surface area (Å²) >= 11 is 3.47. The Morgan fingerprint density at radius 2 is 1.50 bits per heavy atom. The second-order valence-electron chi connectivity index (χ2n) is 8.85. The number of aryl methyl sites for hydroxylation is 1.